The van der Waals surface area contributed by atoms with Crippen LogP contribution in [0.2, 0.25) is 0 Å². The highest BCUT2D eigenvalue weighted by atomic mass is 32.2. The molecular weight excluding hydrogens is 192 g/mol. The van der Waals surface area contributed by atoms with E-state index in [0.29, 0.717) is 10.4 Å². The summed E-state index contributed by atoms with van der Waals surface area (Å²) in [4.78, 5) is 3.07. The molecule has 3 fully saturated rings. The zero-order valence-electron chi connectivity index (χ0n) is 9.18. The first-order chi connectivity index (χ1) is 6.60. The van der Waals surface area contributed by atoms with Crippen molar-refractivity contribution >= 4 is 11.8 Å². The Morgan fingerprint density at radius 3 is 2.93 bits per heavy atom. The third-order valence-corrected chi connectivity index (χ3v) is 5.99. The minimum absolute atomic E-state index is 0.357. The van der Waals surface area contributed by atoms with E-state index in [9.17, 15) is 0 Å². The second-order valence-corrected chi connectivity index (χ2v) is 7.03. The molecule has 3 heteroatoms. The number of nitrogens with zero attached hydrogens (tertiary/aromatic N) is 1. The maximum absolute atomic E-state index is 3.91. The van der Waals surface area contributed by atoms with Crippen molar-refractivity contribution in [3.8, 4) is 0 Å². The van der Waals surface area contributed by atoms with Gasteiger partial charge in [-0.15, -0.1) is 11.8 Å². The van der Waals surface area contributed by atoms with E-state index >= 15 is 0 Å². The summed E-state index contributed by atoms with van der Waals surface area (Å²) in [6.45, 7) is 8.68. The van der Waals surface area contributed by atoms with Crippen LogP contribution in [0.3, 0.4) is 0 Å². The molecule has 3 heterocycles. The van der Waals surface area contributed by atoms with Crippen LogP contribution >= 0.6 is 11.8 Å². The van der Waals surface area contributed by atoms with Gasteiger partial charge in [0.2, 0.25) is 0 Å². The Hall–Kier alpha value is 0.270. The molecular formula is C11H20N2S. The van der Waals surface area contributed by atoms with Crippen molar-refractivity contribution in [3.63, 3.8) is 0 Å². The highest BCUT2D eigenvalue weighted by molar-refractivity contribution is 8.01. The van der Waals surface area contributed by atoms with Crippen molar-refractivity contribution in [1.82, 2.24) is 10.2 Å². The van der Waals surface area contributed by atoms with E-state index in [4.69, 9.17) is 0 Å². The van der Waals surface area contributed by atoms with Gasteiger partial charge in [0.05, 0.1) is 4.87 Å². The molecule has 3 saturated heterocycles. The standard InChI is InChI=1S/C11H20N2S/c1-10(2)8-14-11(12-10)4-6-13-5-3-9(11)7-13/h9,12H,3-8H2,1-2H3. The molecule has 80 valence electrons. The molecule has 3 rings (SSSR count). The molecule has 2 nitrogen and oxygen atoms in total. The van der Waals surface area contributed by atoms with Crippen LogP contribution in [-0.2, 0) is 0 Å². The number of piperidine rings is 1. The molecule has 3 aliphatic heterocycles. The van der Waals surface area contributed by atoms with Gasteiger partial charge in [0.15, 0.2) is 0 Å². The van der Waals surface area contributed by atoms with Crippen molar-refractivity contribution in [3.05, 3.63) is 0 Å². The first-order valence-corrected chi connectivity index (χ1v) is 6.74. The lowest BCUT2D eigenvalue weighted by atomic mass is 9.91. The molecule has 14 heavy (non-hydrogen) atoms. The van der Waals surface area contributed by atoms with Gasteiger partial charge in [-0.25, -0.2) is 0 Å². The van der Waals surface area contributed by atoms with E-state index in [0.717, 1.165) is 5.92 Å². The zero-order valence-corrected chi connectivity index (χ0v) is 9.99. The van der Waals surface area contributed by atoms with Crippen LogP contribution in [0.4, 0.5) is 0 Å². The number of hydrogen-bond acceptors (Lipinski definition) is 3. The van der Waals surface area contributed by atoms with Gasteiger partial charge in [-0.1, -0.05) is 0 Å². The summed E-state index contributed by atoms with van der Waals surface area (Å²) in [5.41, 5.74) is 0.357. The van der Waals surface area contributed by atoms with Crippen molar-refractivity contribution in [2.24, 2.45) is 5.92 Å². The van der Waals surface area contributed by atoms with Crippen LogP contribution < -0.4 is 5.32 Å². The maximum atomic E-state index is 3.91. The molecule has 1 N–H and O–H groups in total. The number of rotatable bonds is 0. The fourth-order valence-electron chi connectivity index (χ4n) is 3.25. The summed E-state index contributed by atoms with van der Waals surface area (Å²) in [5, 5.41) is 3.91. The van der Waals surface area contributed by atoms with Gasteiger partial charge in [0.1, 0.15) is 0 Å². The fourth-order valence-corrected chi connectivity index (χ4v) is 4.96. The van der Waals surface area contributed by atoms with E-state index < -0.39 is 0 Å². The Kier molecular flexibility index (Phi) is 1.96. The van der Waals surface area contributed by atoms with Gasteiger partial charge in [0.25, 0.3) is 0 Å². The largest absolute Gasteiger partial charge is 0.303 e. The van der Waals surface area contributed by atoms with E-state index in [1.807, 2.05) is 0 Å². The maximum Gasteiger partial charge on any atom is 0.0703 e. The van der Waals surface area contributed by atoms with E-state index in [1.54, 1.807) is 0 Å². The Morgan fingerprint density at radius 2 is 2.21 bits per heavy atom. The number of hydrogen-bond donors (Lipinski definition) is 1. The Bertz CT molecular complexity index is 250. The minimum Gasteiger partial charge on any atom is -0.303 e. The monoisotopic (exact) mass is 212 g/mol. The topological polar surface area (TPSA) is 15.3 Å². The molecule has 2 bridgehead atoms. The quantitative estimate of drug-likeness (QED) is 0.655. The van der Waals surface area contributed by atoms with Gasteiger partial charge in [-0.3, -0.25) is 5.32 Å². The van der Waals surface area contributed by atoms with Crippen LogP contribution in [0, 0.1) is 5.92 Å². The molecule has 3 aliphatic rings. The van der Waals surface area contributed by atoms with Crippen LogP contribution in [0.15, 0.2) is 0 Å². The van der Waals surface area contributed by atoms with Crippen LogP contribution in [0.25, 0.3) is 0 Å². The second kappa shape index (κ2) is 2.89. The third kappa shape index (κ3) is 1.33. The molecule has 0 radical (unpaired) electrons. The molecule has 0 aromatic heterocycles. The lowest BCUT2D eigenvalue weighted by Gasteiger charge is -2.41. The first-order valence-electron chi connectivity index (χ1n) is 5.75. The van der Waals surface area contributed by atoms with Crippen LogP contribution in [-0.4, -0.2) is 40.7 Å². The molecule has 0 aromatic rings. The van der Waals surface area contributed by atoms with Crippen LogP contribution in [0.5, 0.6) is 0 Å². The predicted octanol–water partition coefficient (Wildman–Crippen LogP) is 1.52. The molecule has 0 saturated carbocycles. The SMILES string of the molecule is CC1(C)CSC2(CCN3CCC2C3)N1. The Morgan fingerprint density at radius 1 is 1.36 bits per heavy atom. The normalized spacial score (nSPS) is 50.1. The summed E-state index contributed by atoms with van der Waals surface area (Å²) >= 11 is 2.19. The fraction of sp³-hybridized carbons (Fsp3) is 1.00. The summed E-state index contributed by atoms with van der Waals surface area (Å²) in [6.07, 6.45) is 2.77. The van der Waals surface area contributed by atoms with Crippen molar-refractivity contribution in [1.29, 1.82) is 0 Å². The Balaban J connectivity index is 1.83. The van der Waals surface area contributed by atoms with Crippen molar-refractivity contribution in [2.45, 2.75) is 37.1 Å². The van der Waals surface area contributed by atoms with Gasteiger partial charge >= 0.3 is 0 Å². The minimum atomic E-state index is 0.357. The summed E-state index contributed by atoms with van der Waals surface area (Å²) < 4.78 is 0. The molecule has 0 amide bonds. The van der Waals surface area contributed by atoms with Crippen molar-refractivity contribution in [2.75, 3.05) is 25.4 Å². The summed E-state index contributed by atoms with van der Waals surface area (Å²) in [7, 11) is 0. The Labute approximate surface area is 90.8 Å². The number of nitrogens with one attached hydrogen (secondary N) is 1. The number of thioether (sulfide) groups is 1. The van der Waals surface area contributed by atoms with Crippen molar-refractivity contribution < 1.29 is 0 Å². The third-order valence-electron chi connectivity index (χ3n) is 3.97. The number of fused-ring (bicyclic) bond motifs is 3. The van der Waals surface area contributed by atoms with Gasteiger partial charge in [-0.05, 0) is 33.2 Å². The zero-order chi connectivity index (χ0) is 9.81. The smallest absolute Gasteiger partial charge is 0.0703 e. The molecule has 0 aromatic carbocycles. The predicted molar refractivity (Wildman–Crippen MR) is 61.6 cm³/mol. The second-order valence-electron chi connectivity index (χ2n) is 5.72. The lowest BCUT2D eigenvalue weighted by molar-refractivity contribution is 0.184. The molecule has 1 spiro atoms. The summed E-state index contributed by atoms with van der Waals surface area (Å²) in [6, 6.07) is 0. The first kappa shape index (κ1) is 9.49. The van der Waals surface area contributed by atoms with Gasteiger partial charge in [0, 0.05) is 30.3 Å². The van der Waals surface area contributed by atoms with E-state index in [-0.39, 0.29) is 0 Å². The van der Waals surface area contributed by atoms with Crippen LogP contribution in [0.1, 0.15) is 26.7 Å². The van der Waals surface area contributed by atoms with Gasteiger partial charge in [-0.2, -0.15) is 0 Å². The van der Waals surface area contributed by atoms with E-state index in [2.05, 4.69) is 35.8 Å². The summed E-state index contributed by atoms with van der Waals surface area (Å²) in [5.74, 6) is 2.19. The average molecular weight is 212 g/mol. The highest BCUT2D eigenvalue weighted by Gasteiger charge is 2.52. The van der Waals surface area contributed by atoms with Gasteiger partial charge < -0.3 is 4.90 Å². The lowest BCUT2D eigenvalue weighted by Crippen LogP contribution is -2.55. The van der Waals surface area contributed by atoms with E-state index in [1.165, 1.54) is 38.2 Å². The average Bonchev–Trinajstić information content (AvgIpc) is 2.64. The molecule has 3 unspecified atom stereocenters. The highest BCUT2D eigenvalue weighted by Crippen LogP contribution is 2.48. The molecule has 3 atom stereocenters. The molecule has 0 aliphatic carbocycles.